The van der Waals surface area contributed by atoms with Crippen LogP contribution in [0.15, 0.2) is 48.5 Å². The average Bonchev–Trinajstić information content (AvgIpc) is 2.90. The summed E-state index contributed by atoms with van der Waals surface area (Å²) < 4.78 is 0. The van der Waals surface area contributed by atoms with Gasteiger partial charge >= 0.3 is 6.03 Å². The topological polar surface area (TPSA) is 52.7 Å². The van der Waals surface area contributed by atoms with E-state index < -0.39 is 17.1 Å². The molecule has 160 valence electrons. The molecular weight excluding hydrogens is 421 g/mol. The molecule has 2 unspecified atom stereocenters. The van der Waals surface area contributed by atoms with Crippen molar-refractivity contribution in [3.8, 4) is 0 Å². The van der Waals surface area contributed by atoms with Crippen LogP contribution in [-0.2, 0) is 16.8 Å². The van der Waals surface area contributed by atoms with E-state index >= 15 is 0 Å². The lowest BCUT2D eigenvalue weighted by molar-refractivity contribution is -0.133. The molecule has 2 aromatic rings. The highest BCUT2D eigenvalue weighted by molar-refractivity contribution is 6.34. The third kappa shape index (κ3) is 3.77. The Morgan fingerprint density at radius 1 is 1.10 bits per heavy atom. The molecule has 1 N–H and O–H groups in total. The maximum Gasteiger partial charge on any atom is 0.319 e. The smallest absolute Gasteiger partial charge is 0.319 e. The number of nitrogens with one attached hydrogen (secondary N) is 1. The fraction of sp³-hybridized carbons (Fsp3) is 0.391. The van der Waals surface area contributed by atoms with E-state index in [0.29, 0.717) is 22.0 Å². The number of benzene rings is 2. The van der Waals surface area contributed by atoms with Crippen molar-refractivity contribution in [1.29, 1.82) is 0 Å². The van der Waals surface area contributed by atoms with Crippen molar-refractivity contribution in [1.82, 2.24) is 15.1 Å². The molecule has 0 aliphatic carbocycles. The van der Waals surface area contributed by atoms with E-state index in [2.05, 4.69) is 5.32 Å². The summed E-state index contributed by atoms with van der Waals surface area (Å²) in [5.74, 6) is -0.173. The van der Waals surface area contributed by atoms with Crippen molar-refractivity contribution in [2.45, 2.75) is 38.9 Å². The number of rotatable bonds is 3. The molecule has 0 spiro atoms. The van der Waals surface area contributed by atoms with E-state index in [9.17, 15) is 9.59 Å². The van der Waals surface area contributed by atoms with Gasteiger partial charge in [0.1, 0.15) is 6.17 Å². The van der Waals surface area contributed by atoms with Crippen LogP contribution in [-0.4, -0.2) is 42.0 Å². The second kappa shape index (κ2) is 8.12. The Morgan fingerprint density at radius 2 is 1.67 bits per heavy atom. The van der Waals surface area contributed by atoms with Gasteiger partial charge < -0.3 is 10.2 Å². The molecule has 1 saturated heterocycles. The second-order valence-corrected chi connectivity index (χ2v) is 9.63. The molecule has 3 amide bonds. The van der Waals surface area contributed by atoms with Crippen LogP contribution in [0, 0.1) is 5.41 Å². The van der Waals surface area contributed by atoms with E-state index in [1.165, 1.54) is 0 Å². The molecule has 1 aliphatic heterocycles. The van der Waals surface area contributed by atoms with Gasteiger partial charge in [0.15, 0.2) is 5.54 Å². The van der Waals surface area contributed by atoms with Crippen LogP contribution in [0.1, 0.15) is 31.9 Å². The van der Waals surface area contributed by atoms with Gasteiger partial charge in [0.05, 0.1) is 0 Å². The van der Waals surface area contributed by atoms with Gasteiger partial charge in [-0.25, -0.2) is 4.79 Å². The highest BCUT2D eigenvalue weighted by atomic mass is 35.5. The Hall–Kier alpha value is -2.24. The fourth-order valence-corrected chi connectivity index (χ4v) is 5.00. The lowest BCUT2D eigenvalue weighted by Crippen LogP contribution is -2.58. The number of halogens is 2. The van der Waals surface area contributed by atoms with Crippen molar-refractivity contribution in [3.05, 3.63) is 69.7 Å². The van der Waals surface area contributed by atoms with Gasteiger partial charge in [-0.2, -0.15) is 0 Å². The van der Waals surface area contributed by atoms with Crippen LogP contribution in [0.5, 0.6) is 0 Å². The molecule has 1 aliphatic rings. The predicted octanol–water partition coefficient (Wildman–Crippen LogP) is 4.92. The zero-order valence-corrected chi connectivity index (χ0v) is 19.4. The van der Waals surface area contributed by atoms with Gasteiger partial charge in [-0.05, 0) is 29.3 Å². The zero-order valence-electron chi connectivity index (χ0n) is 17.9. The van der Waals surface area contributed by atoms with E-state index in [1.54, 1.807) is 42.1 Å². The Bertz CT molecular complexity index is 938. The lowest BCUT2D eigenvalue weighted by atomic mass is 9.81. The Balaban J connectivity index is 2.35. The van der Waals surface area contributed by atoms with Gasteiger partial charge in [0.25, 0.3) is 5.91 Å². The summed E-state index contributed by atoms with van der Waals surface area (Å²) in [5.41, 5.74) is -0.157. The number of carbonyl (C=O) groups is 2. The van der Waals surface area contributed by atoms with Gasteiger partial charge in [-0.3, -0.25) is 9.69 Å². The summed E-state index contributed by atoms with van der Waals surface area (Å²) in [6.45, 7) is 6.04. The Labute approximate surface area is 187 Å². The number of likely N-dealkylation sites (N-methyl/N-ethyl adjacent to an activating group) is 1. The molecule has 30 heavy (non-hydrogen) atoms. The van der Waals surface area contributed by atoms with Crippen LogP contribution in [0.3, 0.4) is 0 Å². The lowest BCUT2D eigenvalue weighted by Gasteiger charge is -2.43. The molecule has 0 saturated carbocycles. The van der Waals surface area contributed by atoms with E-state index in [4.69, 9.17) is 23.2 Å². The number of carbonyl (C=O) groups excluding carboxylic acids is 2. The van der Waals surface area contributed by atoms with Crippen LogP contribution < -0.4 is 5.32 Å². The van der Waals surface area contributed by atoms with E-state index in [-0.39, 0.29) is 11.9 Å². The first-order chi connectivity index (χ1) is 14.0. The first kappa shape index (κ1) is 22.4. The summed E-state index contributed by atoms with van der Waals surface area (Å²) in [5, 5.41) is 3.56. The zero-order chi connectivity index (χ0) is 22.3. The first-order valence-corrected chi connectivity index (χ1v) is 10.6. The number of urea groups is 1. The van der Waals surface area contributed by atoms with Crippen LogP contribution in [0.2, 0.25) is 10.0 Å². The number of hydrogen-bond acceptors (Lipinski definition) is 2. The molecule has 2 aromatic carbocycles. The van der Waals surface area contributed by atoms with Crippen molar-refractivity contribution in [3.63, 3.8) is 0 Å². The fourth-order valence-electron chi connectivity index (χ4n) is 4.47. The maximum absolute atomic E-state index is 14.0. The maximum atomic E-state index is 14.0. The monoisotopic (exact) mass is 447 g/mol. The minimum atomic E-state index is -1.29. The molecule has 1 heterocycles. The minimum Gasteiger partial charge on any atom is -0.341 e. The largest absolute Gasteiger partial charge is 0.341 e. The van der Waals surface area contributed by atoms with Crippen LogP contribution in [0.4, 0.5) is 4.79 Å². The summed E-state index contributed by atoms with van der Waals surface area (Å²) in [6, 6.07) is 14.4. The normalized spacial score (nSPS) is 21.8. The quantitative estimate of drug-likeness (QED) is 0.725. The Morgan fingerprint density at radius 3 is 2.17 bits per heavy atom. The van der Waals surface area contributed by atoms with Crippen molar-refractivity contribution in [2.75, 3.05) is 14.1 Å². The second-order valence-electron chi connectivity index (χ2n) is 8.76. The van der Waals surface area contributed by atoms with Crippen LogP contribution in [0.25, 0.3) is 0 Å². The standard InChI is InChI=1S/C23H27Cl2N3O2/c1-22(2,3)19-27(5)20(29)23(28(19)21(30)26-4,14-15-9-7-6-8-10-15)16-11-17(24)13-18(25)12-16/h6-13,19H,14H2,1-5H3,(H,26,30). The molecule has 1 fully saturated rings. The molecule has 5 nitrogen and oxygen atoms in total. The first-order valence-electron chi connectivity index (χ1n) is 9.81. The summed E-state index contributed by atoms with van der Waals surface area (Å²) in [4.78, 5) is 30.6. The SMILES string of the molecule is CNC(=O)N1C(C(C)(C)C)N(C)C(=O)C1(Cc1ccccc1)c1cc(Cl)cc(Cl)c1. The highest BCUT2D eigenvalue weighted by Gasteiger charge is 2.61. The molecule has 7 heteroatoms. The summed E-state index contributed by atoms with van der Waals surface area (Å²) in [7, 11) is 3.32. The van der Waals surface area contributed by atoms with E-state index in [1.807, 2.05) is 51.1 Å². The van der Waals surface area contributed by atoms with Crippen LogP contribution >= 0.6 is 23.2 Å². The molecule has 3 rings (SSSR count). The van der Waals surface area contributed by atoms with Crippen molar-refractivity contribution < 1.29 is 9.59 Å². The minimum absolute atomic E-state index is 0.173. The van der Waals surface area contributed by atoms with Crippen molar-refractivity contribution in [2.24, 2.45) is 5.41 Å². The van der Waals surface area contributed by atoms with Gasteiger partial charge in [-0.1, -0.05) is 74.3 Å². The third-order valence-electron chi connectivity index (χ3n) is 5.55. The van der Waals surface area contributed by atoms with Gasteiger partial charge in [-0.15, -0.1) is 0 Å². The molecular formula is C23H27Cl2N3O2. The summed E-state index contributed by atoms with van der Waals surface area (Å²) in [6.07, 6.45) is -0.167. The molecule has 2 atom stereocenters. The predicted molar refractivity (Wildman–Crippen MR) is 121 cm³/mol. The number of hydrogen-bond donors (Lipinski definition) is 1. The number of nitrogens with zero attached hydrogens (tertiary/aromatic N) is 2. The molecule has 0 bridgehead atoms. The average molecular weight is 448 g/mol. The Kier molecular flexibility index (Phi) is 6.08. The third-order valence-corrected chi connectivity index (χ3v) is 5.98. The highest BCUT2D eigenvalue weighted by Crippen LogP contribution is 2.47. The van der Waals surface area contributed by atoms with E-state index in [0.717, 1.165) is 5.56 Å². The summed E-state index contributed by atoms with van der Waals surface area (Å²) >= 11 is 12.7. The van der Waals surface area contributed by atoms with Gasteiger partial charge in [0, 0.05) is 36.0 Å². The molecule has 0 aromatic heterocycles. The van der Waals surface area contributed by atoms with Gasteiger partial charge in [0.2, 0.25) is 0 Å². The number of amides is 3. The molecule has 0 radical (unpaired) electrons. The van der Waals surface area contributed by atoms with Crippen molar-refractivity contribution >= 4 is 35.1 Å².